The lowest BCUT2D eigenvalue weighted by molar-refractivity contribution is -0.133. The minimum absolute atomic E-state index is 0.154. The number of aliphatic hydroxyl groups excluding tert-OH is 1. The van der Waals surface area contributed by atoms with E-state index in [0.29, 0.717) is 36.5 Å². The highest BCUT2D eigenvalue weighted by Crippen LogP contribution is 2.42. The summed E-state index contributed by atoms with van der Waals surface area (Å²) in [5.41, 5.74) is 2.81. The number of nitrogens with one attached hydrogen (secondary N) is 1. The van der Waals surface area contributed by atoms with Crippen molar-refractivity contribution in [3.63, 3.8) is 0 Å². The summed E-state index contributed by atoms with van der Waals surface area (Å²) < 4.78 is 0. The number of hydrogen-bond donors (Lipinski definition) is 2. The Balaban J connectivity index is 1.28. The van der Waals surface area contributed by atoms with Gasteiger partial charge < -0.3 is 20.2 Å². The molecule has 0 radical (unpaired) electrons. The summed E-state index contributed by atoms with van der Waals surface area (Å²) in [7, 11) is 0. The fraction of sp³-hybridized carbons (Fsp3) is 0.522. The standard InChI is InChI=1S/C23H28ClN5O2S/c1-14-10-18(30)21-20(14)22(27-13-26-21)28-6-8-29(9-7-28)23(31)17(11-25-19-12-32-19)15-2-4-16(24)5-3-15/h2-5,13-14,17-19,25,30H,6-12H2,1H3/t14-,17-,18-,19?/m1/s1. The molecule has 1 aromatic carbocycles. The van der Waals surface area contributed by atoms with E-state index < -0.39 is 6.10 Å². The van der Waals surface area contributed by atoms with Crippen LogP contribution in [0, 0.1) is 0 Å². The van der Waals surface area contributed by atoms with Gasteiger partial charge in [0, 0.05) is 49.1 Å². The maximum Gasteiger partial charge on any atom is 0.231 e. The minimum atomic E-state index is -0.512. The number of carbonyl (C=O) groups excluding carboxylic acids is 1. The summed E-state index contributed by atoms with van der Waals surface area (Å²) in [5, 5.41) is 14.9. The zero-order chi connectivity index (χ0) is 22.2. The Labute approximate surface area is 197 Å². The first-order valence-corrected chi connectivity index (χ1v) is 12.6. The van der Waals surface area contributed by atoms with Gasteiger partial charge in [-0.3, -0.25) is 4.79 Å². The molecule has 1 aliphatic carbocycles. The van der Waals surface area contributed by atoms with E-state index >= 15 is 0 Å². The Morgan fingerprint density at radius 1 is 1.25 bits per heavy atom. The maximum absolute atomic E-state index is 13.5. The van der Waals surface area contributed by atoms with Crippen LogP contribution in [-0.4, -0.2) is 69.7 Å². The summed E-state index contributed by atoms with van der Waals surface area (Å²) in [5.74, 6) is 2.18. The third kappa shape index (κ3) is 4.46. The van der Waals surface area contributed by atoms with Gasteiger partial charge >= 0.3 is 0 Å². The molecule has 4 atom stereocenters. The second-order valence-electron chi connectivity index (χ2n) is 8.80. The van der Waals surface area contributed by atoms with Gasteiger partial charge in [0.25, 0.3) is 0 Å². The molecule has 3 heterocycles. The van der Waals surface area contributed by atoms with Crippen molar-refractivity contribution >= 4 is 35.1 Å². The van der Waals surface area contributed by atoms with Crippen molar-refractivity contribution in [1.82, 2.24) is 20.2 Å². The number of piperazine rings is 1. The molecule has 32 heavy (non-hydrogen) atoms. The van der Waals surface area contributed by atoms with Gasteiger partial charge in [0.1, 0.15) is 12.1 Å². The van der Waals surface area contributed by atoms with Crippen molar-refractivity contribution in [2.45, 2.75) is 36.7 Å². The number of fused-ring (bicyclic) bond motifs is 1. The molecule has 1 unspecified atom stereocenters. The molecule has 2 saturated heterocycles. The zero-order valence-electron chi connectivity index (χ0n) is 18.1. The smallest absolute Gasteiger partial charge is 0.231 e. The largest absolute Gasteiger partial charge is 0.387 e. The molecule has 3 aliphatic rings. The Kier molecular flexibility index (Phi) is 6.29. The lowest BCUT2D eigenvalue weighted by Gasteiger charge is -2.38. The number of amides is 1. The number of halogens is 1. The van der Waals surface area contributed by atoms with E-state index in [1.54, 1.807) is 6.33 Å². The second-order valence-corrected chi connectivity index (χ2v) is 10.5. The summed E-state index contributed by atoms with van der Waals surface area (Å²) >= 11 is 7.94. The number of thioether (sulfide) groups is 1. The van der Waals surface area contributed by atoms with E-state index in [1.807, 2.05) is 40.9 Å². The summed E-state index contributed by atoms with van der Waals surface area (Å²) in [6.45, 7) is 5.48. The molecule has 0 saturated carbocycles. The Bertz CT molecular complexity index is 979. The first-order valence-electron chi connectivity index (χ1n) is 11.2. The van der Waals surface area contributed by atoms with Crippen molar-refractivity contribution in [2.24, 2.45) is 0 Å². The first-order chi connectivity index (χ1) is 15.5. The fourth-order valence-electron chi connectivity index (χ4n) is 4.77. The Hall–Kier alpha value is -1.87. The van der Waals surface area contributed by atoms with Crippen LogP contribution in [0.15, 0.2) is 30.6 Å². The van der Waals surface area contributed by atoms with E-state index in [2.05, 4.69) is 27.1 Å². The average molecular weight is 474 g/mol. The minimum Gasteiger partial charge on any atom is -0.387 e. The first kappa shape index (κ1) is 21.9. The SMILES string of the molecule is C[C@@H]1C[C@@H](O)c2ncnc(N3CCN(C(=O)[C@H](CNC4CS4)c4ccc(Cl)cc4)CC3)c21. The van der Waals surface area contributed by atoms with Gasteiger partial charge in [-0.1, -0.05) is 30.7 Å². The average Bonchev–Trinajstić information content (AvgIpc) is 3.59. The lowest BCUT2D eigenvalue weighted by Crippen LogP contribution is -2.51. The molecule has 2 fully saturated rings. The lowest BCUT2D eigenvalue weighted by atomic mass is 9.97. The summed E-state index contributed by atoms with van der Waals surface area (Å²) in [6, 6.07) is 7.62. The predicted molar refractivity (Wildman–Crippen MR) is 127 cm³/mol. The van der Waals surface area contributed by atoms with E-state index in [1.165, 1.54) is 0 Å². The van der Waals surface area contributed by atoms with E-state index in [9.17, 15) is 9.90 Å². The van der Waals surface area contributed by atoms with Crippen LogP contribution in [0.2, 0.25) is 5.02 Å². The molecule has 5 rings (SSSR count). The normalized spacial score (nSPS) is 25.5. The van der Waals surface area contributed by atoms with Gasteiger partial charge in [0.05, 0.1) is 23.1 Å². The molecule has 9 heteroatoms. The number of benzene rings is 1. The molecule has 1 aromatic heterocycles. The van der Waals surface area contributed by atoms with Crippen LogP contribution in [0.4, 0.5) is 5.82 Å². The molecule has 2 aliphatic heterocycles. The van der Waals surface area contributed by atoms with Crippen LogP contribution in [0.3, 0.4) is 0 Å². The monoisotopic (exact) mass is 473 g/mol. The number of rotatable bonds is 6. The van der Waals surface area contributed by atoms with Crippen LogP contribution >= 0.6 is 23.4 Å². The van der Waals surface area contributed by atoms with Gasteiger partial charge in [-0.2, -0.15) is 0 Å². The quantitative estimate of drug-likeness (QED) is 0.624. The number of hydrogen-bond acceptors (Lipinski definition) is 7. The summed E-state index contributed by atoms with van der Waals surface area (Å²) in [6.07, 6.45) is 1.72. The molecular weight excluding hydrogens is 446 g/mol. The molecule has 2 aromatic rings. The predicted octanol–water partition coefficient (Wildman–Crippen LogP) is 2.77. The third-order valence-corrected chi connectivity index (χ3v) is 7.71. The molecule has 7 nitrogen and oxygen atoms in total. The number of aromatic nitrogens is 2. The zero-order valence-corrected chi connectivity index (χ0v) is 19.6. The highest BCUT2D eigenvalue weighted by molar-refractivity contribution is 8.06. The second kappa shape index (κ2) is 9.17. The van der Waals surface area contributed by atoms with E-state index in [0.717, 1.165) is 41.5 Å². The van der Waals surface area contributed by atoms with Crippen molar-refractivity contribution in [1.29, 1.82) is 0 Å². The third-order valence-electron chi connectivity index (χ3n) is 6.62. The Morgan fingerprint density at radius 3 is 2.66 bits per heavy atom. The molecule has 0 spiro atoms. The topological polar surface area (TPSA) is 81.6 Å². The summed E-state index contributed by atoms with van der Waals surface area (Å²) in [4.78, 5) is 26.6. The van der Waals surface area contributed by atoms with E-state index in [4.69, 9.17) is 11.6 Å². The van der Waals surface area contributed by atoms with Crippen LogP contribution in [0.5, 0.6) is 0 Å². The molecule has 2 N–H and O–H groups in total. The number of anilines is 1. The number of carbonyl (C=O) groups is 1. The van der Waals surface area contributed by atoms with Gasteiger partial charge in [-0.05, 0) is 30.0 Å². The van der Waals surface area contributed by atoms with Crippen molar-refractivity contribution in [3.05, 3.63) is 52.4 Å². The van der Waals surface area contributed by atoms with Crippen molar-refractivity contribution in [2.75, 3.05) is 43.4 Å². The molecule has 170 valence electrons. The fourth-order valence-corrected chi connectivity index (χ4v) is 5.33. The van der Waals surface area contributed by atoms with Crippen LogP contribution in [0.25, 0.3) is 0 Å². The van der Waals surface area contributed by atoms with Crippen molar-refractivity contribution in [3.8, 4) is 0 Å². The van der Waals surface area contributed by atoms with Crippen LogP contribution < -0.4 is 10.2 Å². The maximum atomic E-state index is 13.5. The highest BCUT2D eigenvalue weighted by atomic mass is 35.5. The van der Waals surface area contributed by atoms with Crippen LogP contribution in [0.1, 0.15) is 48.1 Å². The van der Waals surface area contributed by atoms with Gasteiger partial charge in [0.15, 0.2) is 0 Å². The van der Waals surface area contributed by atoms with Gasteiger partial charge in [-0.15, -0.1) is 11.8 Å². The number of aliphatic hydroxyl groups is 1. The number of nitrogens with zero attached hydrogens (tertiary/aromatic N) is 4. The van der Waals surface area contributed by atoms with Crippen LogP contribution in [-0.2, 0) is 4.79 Å². The highest BCUT2D eigenvalue weighted by Gasteiger charge is 2.35. The van der Waals surface area contributed by atoms with E-state index in [-0.39, 0.29) is 17.7 Å². The molecular formula is C23H28ClN5O2S. The molecule has 1 amide bonds. The van der Waals surface area contributed by atoms with Gasteiger partial charge in [-0.25, -0.2) is 9.97 Å². The molecule has 0 bridgehead atoms. The Morgan fingerprint density at radius 2 is 1.97 bits per heavy atom. The van der Waals surface area contributed by atoms with Gasteiger partial charge in [0.2, 0.25) is 5.91 Å². The van der Waals surface area contributed by atoms with Crippen molar-refractivity contribution < 1.29 is 9.90 Å².